The maximum atomic E-state index is 3.86. The minimum Gasteiger partial charge on any atom is -0.312 e. The van der Waals surface area contributed by atoms with E-state index in [2.05, 4.69) is 17.1 Å². The van der Waals surface area contributed by atoms with Gasteiger partial charge in [-0.3, -0.25) is 4.90 Å². The van der Waals surface area contributed by atoms with Crippen molar-refractivity contribution in [1.29, 1.82) is 0 Å². The summed E-state index contributed by atoms with van der Waals surface area (Å²) in [5.74, 6) is 1.05. The van der Waals surface area contributed by atoms with Crippen LogP contribution >= 0.6 is 0 Å². The lowest BCUT2D eigenvalue weighted by Gasteiger charge is -2.39. The van der Waals surface area contributed by atoms with Gasteiger partial charge in [0.05, 0.1) is 0 Å². The van der Waals surface area contributed by atoms with Gasteiger partial charge in [-0.1, -0.05) is 26.2 Å². The molecule has 1 heterocycles. The lowest BCUT2D eigenvalue weighted by atomic mass is 9.98. The SMILES string of the molecule is CCCNC1CCCCCC1N1CC2CCC1C2. The molecule has 2 aliphatic carbocycles. The minimum absolute atomic E-state index is 0.784. The van der Waals surface area contributed by atoms with Gasteiger partial charge in [0.15, 0.2) is 0 Å². The molecule has 18 heavy (non-hydrogen) atoms. The first-order valence-corrected chi connectivity index (χ1v) is 8.37. The van der Waals surface area contributed by atoms with Crippen molar-refractivity contribution in [2.24, 2.45) is 5.92 Å². The molecule has 4 unspecified atom stereocenters. The van der Waals surface area contributed by atoms with Gasteiger partial charge in [-0.2, -0.15) is 0 Å². The van der Waals surface area contributed by atoms with Crippen molar-refractivity contribution in [2.75, 3.05) is 13.1 Å². The van der Waals surface area contributed by atoms with Crippen LogP contribution in [0.1, 0.15) is 64.7 Å². The van der Waals surface area contributed by atoms with E-state index < -0.39 is 0 Å². The van der Waals surface area contributed by atoms with Crippen LogP contribution in [0.15, 0.2) is 0 Å². The predicted octanol–water partition coefficient (Wildman–Crippen LogP) is 3.17. The van der Waals surface area contributed by atoms with Gasteiger partial charge in [0.25, 0.3) is 0 Å². The van der Waals surface area contributed by atoms with Gasteiger partial charge in [-0.15, -0.1) is 0 Å². The molecule has 0 aromatic rings. The molecule has 104 valence electrons. The number of hydrogen-bond donors (Lipinski definition) is 1. The smallest absolute Gasteiger partial charge is 0.0252 e. The van der Waals surface area contributed by atoms with Crippen LogP contribution in [0.4, 0.5) is 0 Å². The van der Waals surface area contributed by atoms with Crippen LogP contribution in [-0.2, 0) is 0 Å². The van der Waals surface area contributed by atoms with E-state index in [-0.39, 0.29) is 0 Å². The Morgan fingerprint density at radius 1 is 1.06 bits per heavy atom. The van der Waals surface area contributed by atoms with Gasteiger partial charge in [0.2, 0.25) is 0 Å². The molecule has 2 heteroatoms. The number of piperidine rings is 1. The zero-order valence-electron chi connectivity index (χ0n) is 12.0. The fraction of sp³-hybridized carbons (Fsp3) is 1.00. The van der Waals surface area contributed by atoms with Crippen molar-refractivity contribution in [2.45, 2.75) is 82.8 Å². The summed E-state index contributed by atoms with van der Waals surface area (Å²) in [5, 5.41) is 3.86. The summed E-state index contributed by atoms with van der Waals surface area (Å²) in [6, 6.07) is 2.59. The molecular formula is C16H30N2. The van der Waals surface area contributed by atoms with Crippen LogP contribution in [0.3, 0.4) is 0 Å². The van der Waals surface area contributed by atoms with E-state index in [1.54, 1.807) is 0 Å². The fourth-order valence-corrected chi connectivity index (χ4v) is 4.62. The Labute approximate surface area is 113 Å². The third-order valence-electron chi connectivity index (χ3n) is 5.51. The number of nitrogens with zero attached hydrogens (tertiary/aromatic N) is 1. The zero-order chi connectivity index (χ0) is 12.4. The second-order valence-corrected chi connectivity index (χ2v) is 6.80. The second-order valence-electron chi connectivity index (χ2n) is 6.80. The van der Waals surface area contributed by atoms with Crippen molar-refractivity contribution in [1.82, 2.24) is 10.2 Å². The summed E-state index contributed by atoms with van der Waals surface area (Å²) in [7, 11) is 0. The van der Waals surface area contributed by atoms with E-state index >= 15 is 0 Å². The van der Waals surface area contributed by atoms with E-state index in [4.69, 9.17) is 0 Å². The number of nitrogens with one attached hydrogen (secondary N) is 1. The van der Waals surface area contributed by atoms with E-state index in [0.717, 1.165) is 24.0 Å². The van der Waals surface area contributed by atoms with Gasteiger partial charge >= 0.3 is 0 Å². The molecule has 0 aromatic carbocycles. The Bertz CT molecular complexity index is 266. The van der Waals surface area contributed by atoms with Crippen LogP contribution in [0.5, 0.6) is 0 Å². The van der Waals surface area contributed by atoms with Crippen LogP contribution in [0.2, 0.25) is 0 Å². The molecule has 2 saturated carbocycles. The van der Waals surface area contributed by atoms with Crippen molar-refractivity contribution < 1.29 is 0 Å². The Morgan fingerprint density at radius 2 is 1.94 bits per heavy atom. The Kier molecular flexibility index (Phi) is 4.25. The van der Waals surface area contributed by atoms with E-state index in [1.807, 2.05) is 0 Å². The van der Waals surface area contributed by atoms with Gasteiger partial charge in [0, 0.05) is 24.7 Å². The average Bonchev–Trinajstić information content (AvgIpc) is 2.93. The number of hydrogen-bond acceptors (Lipinski definition) is 2. The summed E-state index contributed by atoms with van der Waals surface area (Å²) >= 11 is 0. The molecule has 1 saturated heterocycles. The van der Waals surface area contributed by atoms with Crippen molar-refractivity contribution in [3.63, 3.8) is 0 Å². The largest absolute Gasteiger partial charge is 0.312 e. The second kappa shape index (κ2) is 5.92. The fourth-order valence-electron chi connectivity index (χ4n) is 4.62. The Balaban J connectivity index is 1.65. The highest BCUT2D eigenvalue weighted by molar-refractivity contribution is 4.98. The maximum Gasteiger partial charge on any atom is 0.0252 e. The zero-order valence-corrected chi connectivity index (χ0v) is 12.0. The van der Waals surface area contributed by atoms with Crippen LogP contribution in [0, 0.1) is 5.92 Å². The van der Waals surface area contributed by atoms with Gasteiger partial charge in [0.1, 0.15) is 0 Å². The lowest BCUT2D eigenvalue weighted by Crippen LogP contribution is -2.52. The van der Waals surface area contributed by atoms with E-state index in [1.165, 1.54) is 70.9 Å². The summed E-state index contributed by atoms with van der Waals surface area (Å²) in [6.45, 7) is 4.92. The summed E-state index contributed by atoms with van der Waals surface area (Å²) < 4.78 is 0. The normalized spacial score (nSPS) is 41.2. The molecule has 3 fully saturated rings. The first-order chi connectivity index (χ1) is 8.88. The first kappa shape index (κ1) is 12.9. The molecule has 4 atom stereocenters. The number of likely N-dealkylation sites (tertiary alicyclic amines) is 1. The minimum atomic E-state index is 0.784. The molecule has 3 rings (SSSR count). The molecule has 2 bridgehead atoms. The van der Waals surface area contributed by atoms with E-state index in [9.17, 15) is 0 Å². The molecule has 0 amide bonds. The third-order valence-corrected chi connectivity index (χ3v) is 5.51. The Hall–Kier alpha value is -0.0800. The van der Waals surface area contributed by atoms with Crippen molar-refractivity contribution >= 4 is 0 Å². The summed E-state index contributed by atoms with van der Waals surface area (Å²) in [5.41, 5.74) is 0. The van der Waals surface area contributed by atoms with Crippen LogP contribution in [0.25, 0.3) is 0 Å². The standard InChI is InChI=1S/C16H30N2/c1-2-10-17-15-6-4-3-5-7-16(15)18-12-13-8-9-14(18)11-13/h13-17H,2-12H2,1H3. The van der Waals surface area contributed by atoms with Crippen LogP contribution < -0.4 is 5.32 Å². The highest BCUT2D eigenvalue weighted by Gasteiger charge is 2.42. The van der Waals surface area contributed by atoms with Gasteiger partial charge < -0.3 is 5.32 Å². The molecule has 0 aromatic heterocycles. The molecular weight excluding hydrogens is 220 g/mol. The van der Waals surface area contributed by atoms with E-state index in [0.29, 0.717) is 0 Å². The predicted molar refractivity (Wildman–Crippen MR) is 76.8 cm³/mol. The lowest BCUT2D eigenvalue weighted by molar-refractivity contribution is 0.111. The molecule has 3 aliphatic rings. The monoisotopic (exact) mass is 250 g/mol. The highest BCUT2D eigenvalue weighted by atomic mass is 15.2. The van der Waals surface area contributed by atoms with Gasteiger partial charge in [-0.25, -0.2) is 0 Å². The first-order valence-electron chi connectivity index (χ1n) is 8.37. The highest BCUT2D eigenvalue weighted by Crippen LogP contribution is 2.40. The molecule has 1 N–H and O–H groups in total. The van der Waals surface area contributed by atoms with Crippen LogP contribution in [-0.4, -0.2) is 36.1 Å². The number of fused-ring (bicyclic) bond motifs is 2. The molecule has 0 spiro atoms. The molecule has 0 radical (unpaired) electrons. The Morgan fingerprint density at radius 3 is 2.67 bits per heavy atom. The summed E-state index contributed by atoms with van der Waals surface area (Å²) in [4.78, 5) is 2.91. The topological polar surface area (TPSA) is 15.3 Å². The van der Waals surface area contributed by atoms with Crippen molar-refractivity contribution in [3.8, 4) is 0 Å². The molecule has 2 nitrogen and oxygen atoms in total. The maximum absolute atomic E-state index is 3.86. The summed E-state index contributed by atoms with van der Waals surface area (Å²) in [6.07, 6.45) is 13.0. The van der Waals surface area contributed by atoms with Gasteiger partial charge in [-0.05, 0) is 51.0 Å². The molecule has 1 aliphatic heterocycles. The third kappa shape index (κ3) is 2.60. The van der Waals surface area contributed by atoms with Crippen molar-refractivity contribution in [3.05, 3.63) is 0 Å². The number of rotatable bonds is 4. The quantitative estimate of drug-likeness (QED) is 0.771. The average molecular weight is 250 g/mol.